The molecule has 2 aliphatic rings. The highest BCUT2D eigenvalue weighted by Crippen LogP contribution is 2.25. The minimum Gasteiger partial charge on any atom is -0.303 e. The number of piperidine rings is 2. The van der Waals surface area contributed by atoms with Gasteiger partial charge in [-0.25, -0.2) is 0 Å². The number of hydrogen-bond donors (Lipinski definition) is 0. The van der Waals surface area contributed by atoms with E-state index in [0.717, 1.165) is 11.8 Å². The zero-order valence-electron chi connectivity index (χ0n) is 20.0. The van der Waals surface area contributed by atoms with Crippen LogP contribution in [0.2, 0.25) is 0 Å². The highest BCUT2D eigenvalue weighted by Gasteiger charge is 2.17. The second-order valence-corrected chi connectivity index (χ2v) is 11.0. The summed E-state index contributed by atoms with van der Waals surface area (Å²) >= 11 is 2.31. The fourth-order valence-corrected chi connectivity index (χ4v) is 6.57. The molecule has 0 saturated carbocycles. The summed E-state index contributed by atoms with van der Waals surface area (Å²) in [7, 11) is 0. The fraction of sp³-hybridized carbons (Fsp3) is 1.00. The molecule has 0 radical (unpaired) electrons. The molecule has 3 heteroatoms. The van der Waals surface area contributed by atoms with Crippen LogP contribution >= 0.6 is 11.8 Å². The Labute approximate surface area is 187 Å². The molecular formula is C26H52N2S. The summed E-state index contributed by atoms with van der Waals surface area (Å²) in [6.07, 6.45) is 20.1. The Morgan fingerprint density at radius 2 is 1.00 bits per heavy atom. The van der Waals surface area contributed by atoms with Crippen LogP contribution in [0.25, 0.3) is 0 Å². The van der Waals surface area contributed by atoms with Gasteiger partial charge in [-0.2, -0.15) is 11.8 Å². The molecule has 2 nitrogen and oxygen atoms in total. The summed E-state index contributed by atoms with van der Waals surface area (Å²) in [4.78, 5) is 5.49. The van der Waals surface area contributed by atoms with E-state index in [0.29, 0.717) is 0 Å². The maximum Gasteiger partial charge on any atom is -0.00158 e. The van der Waals surface area contributed by atoms with Crippen molar-refractivity contribution in [1.29, 1.82) is 0 Å². The molecule has 2 saturated heterocycles. The third-order valence-corrected chi connectivity index (χ3v) is 8.66. The van der Waals surface area contributed by atoms with Crippen molar-refractivity contribution in [2.45, 2.75) is 104 Å². The third kappa shape index (κ3) is 12.0. The van der Waals surface area contributed by atoms with Crippen molar-refractivity contribution in [2.24, 2.45) is 11.8 Å². The topological polar surface area (TPSA) is 6.48 Å². The summed E-state index contributed by atoms with van der Waals surface area (Å²) < 4.78 is 0. The number of thioether (sulfide) groups is 1. The van der Waals surface area contributed by atoms with E-state index in [9.17, 15) is 0 Å². The van der Waals surface area contributed by atoms with Gasteiger partial charge in [0.15, 0.2) is 0 Å². The van der Waals surface area contributed by atoms with Gasteiger partial charge in [0, 0.05) is 0 Å². The van der Waals surface area contributed by atoms with E-state index in [1.165, 1.54) is 141 Å². The molecule has 172 valence electrons. The summed E-state index contributed by atoms with van der Waals surface area (Å²) in [6.45, 7) is 12.9. The largest absolute Gasteiger partial charge is 0.303 e. The Kier molecular flexibility index (Phi) is 14.9. The number of likely N-dealkylation sites (tertiary alicyclic amines) is 2. The third-order valence-electron chi connectivity index (χ3n) is 7.24. The van der Waals surface area contributed by atoms with Crippen LogP contribution in [0.1, 0.15) is 104 Å². The first-order chi connectivity index (χ1) is 14.3. The highest BCUT2D eigenvalue weighted by molar-refractivity contribution is 7.99. The van der Waals surface area contributed by atoms with Gasteiger partial charge in [-0.1, -0.05) is 52.4 Å². The van der Waals surface area contributed by atoms with E-state index in [4.69, 9.17) is 0 Å². The lowest BCUT2D eigenvalue weighted by Gasteiger charge is -2.29. The normalized spacial score (nSPS) is 21.3. The maximum absolute atomic E-state index is 2.75. The van der Waals surface area contributed by atoms with Crippen molar-refractivity contribution in [1.82, 2.24) is 9.80 Å². The lowest BCUT2D eigenvalue weighted by molar-refractivity contribution is 0.212. The van der Waals surface area contributed by atoms with Gasteiger partial charge in [-0.15, -0.1) is 0 Å². The van der Waals surface area contributed by atoms with Crippen molar-refractivity contribution in [2.75, 3.05) is 50.8 Å². The van der Waals surface area contributed by atoms with Crippen LogP contribution in [0, 0.1) is 11.8 Å². The molecule has 0 aromatic rings. The molecule has 2 atom stereocenters. The summed E-state index contributed by atoms with van der Waals surface area (Å²) in [6, 6.07) is 0. The molecule has 2 unspecified atom stereocenters. The van der Waals surface area contributed by atoms with Crippen LogP contribution in [-0.4, -0.2) is 60.6 Å². The molecule has 0 N–H and O–H groups in total. The SMILES string of the molecule is CCCCC(CCN1CCCCC1)CSCC(CCCC)CCN1CCCCC1. The van der Waals surface area contributed by atoms with Gasteiger partial charge in [0.2, 0.25) is 0 Å². The smallest absolute Gasteiger partial charge is 0.00158 e. The molecule has 0 bridgehead atoms. The lowest BCUT2D eigenvalue weighted by Crippen LogP contribution is -2.32. The second kappa shape index (κ2) is 16.9. The molecule has 2 fully saturated rings. The lowest BCUT2D eigenvalue weighted by atomic mass is 9.99. The zero-order chi connectivity index (χ0) is 20.6. The summed E-state index contributed by atoms with van der Waals surface area (Å²) in [5.74, 6) is 4.74. The number of nitrogens with zero attached hydrogens (tertiary/aromatic N) is 2. The average Bonchev–Trinajstić information content (AvgIpc) is 2.78. The molecule has 29 heavy (non-hydrogen) atoms. The zero-order valence-corrected chi connectivity index (χ0v) is 20.8. The van der Waals surface area contributed by atoms with Crippen LogP contribution < -0.4 is 0 Å². The van der Waals surface area contributed by atoms with E-state index >= 15 is 0 Å². The minimum atomic E-state index is 0.954. The average molecular weight is 425 g/mol. The Hall–Kier alpha value is 0.270. The van der Waals surface area contributed by atoms with Gasteiger partial charge in [0.1, 0.15) is 0 Å². The Bertz CT molecular complexity index is 330. The van der Waals surface area contributed by atoms with E-state index < -0.39 is 0 Å². The van der Waals surface area contributed by atoms with Gasteiger partial charge >= 0.3 is 0 Å². The van der Waals surface area contributed by atoms with Gasteiger partial charge in [0.05, 0.1) is 0 Å². The predicted octanol–water partition coefficient (Wildman–Crippen LogP) is 7.08. The van der Waals surface area contributed by atoms with Crippen molar-refractivity contribution >= 4 is 11.8 Å². The minimum absolute atomic E-state index is 0.954. The number of rotatable bonds is 16. The fourth-order valence-electron chi connectivity index (χ4n) is 5.11. The van der Waals surface area contributed by atoms with E-state index in [2.05, 4.69) is 35.4 Å². The molecule has 2 rings (SSSR count). The van der Waals surface area contributed by atoms with Gasteiger partial charge in [-0.3, -0.25) is 0 Å². The van der Waals surface area contributed by atoms with E-state index in [-0.39, 0.29) is 0 Å². The maximum atomic E-state index is 2.75. The van der Waals surface area contributed by atoms with E-state index in [1.807, 2.05) is 0 Å². The number of unbranched alkanes of at least 4 members (excludes halogenated alkanes) is 2. The molecule has 0 aliphatic carbocycles. The standard InChI is InChI=1S/C26H52N2S/c1-3-5-13-25(15-21-27-17-9-7-10-18-27)23-29-24-26(14-6-4-2)16-22-28-19-11-8-12-20-28/h25-26H,3-24H2,1-2H3. The molecular weight excluding hydrogens is 372 g/mol. The Morgan fingerprint density at radius 1 is 0.586 bits per heavy atom. The first-order valence-corrected chi connectivity index (χ1v) is 14.5. The first-order valence-electron chi connectivity index (χ1n) is 13.3. The highest BCUT2D eigenvalue weighted by atomic mass is 32.2. The Morgan fingerprint density at radius 3 is 1.38 bits per heavy atom. The van der Waals surface area contributed by atoms with Crippen LogP contribution in [0.4, 0.5) is 0 Å². The van der Waals surface area contributed by atoms with E-state index in [1.54, 1.807) is 0 Å². The molecule has 0 aromatic carbocycles. The van der Waals surface area contributed by atoms with Gasteiger partial charge in [-0.05, 0) is 114 Å². The first kappa shape index (κ1) is 25.5. The molecule has 2 heterocycles. The van der Waals surface area contributed by atoms with Crippen LogP contribution in [-0.2, 0) is 0 Å². The van der Waals surface area contributed by atoms with Crippen molar-refractivity contribution in [3.05, 3.63) is 0 Å². The molecule has 0 spiro atoms. The summed E-state index contributed by atoms with van der Waals surface area (Å²) in [5, 5.41) is 0. The van der Waals surface area contributed by atoms with Gasteiger partial charge in [0.25, 0.3) is 0 Å². The van der Waals surface area contributed by atoms with Crippen molar-refractivity contribution in [3.8, 4) is 0 Å². The number of hydrogen-bond acceptors (Lipinski definition) is 3. The van der Waals surface area contributed by atoms with Crippen LogP contribution in [0.5, 0.6) is 0 Å². The monoisotopic (exact) mass is 424 g/mol. The van der Waals surface area contributed by atoms with Crippen molar-refractivity contribution < 1.29 is 0 Å². The Balaban J connectivity index is 1.68. The molecule has 0 amide bonds. The quantitative estimate of drug-likeness (QED) is 0.261. The molecule has 2 aliphatic heterocycles. The summed E-state index contributed by atoms with van der Waals surface area (Å²) in [5.41, 5.74) is 0. The van der Waals surface area contributed by atoms with Crippen LogP contribution in [0.3, 0.4) is 0 Å². The second-order valence-electron chi connectivity index (χ2n) is 9.94. The van der Waals surface area contributed by atoms with Crippen molar-refractivity contribution in [3.63, 3.8) is 0 Å². The van der Waals surface area contributed by atoms with Crippen LogP contribution in [0.15, 0.2) is 0 Å². The predicted molar refractivity (Wildman–Crippen MR) is 133 cm³/mol. The van der Waals surface area contributed by atoms with Gasteiger partial charge < -0.3 is 9.80 Å². The molecule has 0 aromatic heterocycles.